The molecule has 1 atom stereocenters. The predicted molar refractivity (Wildman–Crippen MR) is 86.8 cm³/mol. The largest absolute Gasteiger partial charge is 0.350 e. The molecule has 2 rings (SSSR count). The Morgan fingerprint density at radius 3 is 2.57 bits per heavy atom. The maximum absolute atomic E-state index is 12.1. The third kappa shape index (κ3) is 4.75. The van der Waals surface area contributed by atoms with E-state index in [4.69, 9.17) is 0 Å². The standard InChI is InChI=1S/C15H21N3O2S/c1-10(2)17-14(19)11-3-5-12(6-4-11)18-15(20)13-9-21-8-7-16-13/h3-6,10,13,16H,7-9H2,1-2H3,(H,17,19)(H,18,20). The molecule has 1 heterocycles. The predicted octanol–water partition coefficient (Wildman–Crippen LogP) is 1.47. The van der Waals surface area contributed by atoms with Gasteiger partial charge in [-0.05, 0) is 38.1 Å². The summed E-state index contributed by atoms with van der Waals surface area (Å²) in [6, 6.07) is 6.90. The van der Waals surface area contributed by atoms with E-state index in [2.05, 4.69) is 16.0 Å². The number of hydrogen-bond donors (Lipinski definition) is 3. The van der Waals surface area contributed by atoms with Gasteiger partial charge in [-0.15, -0.1) is 0 Å². The molecule has 1 saturated heterocycles. The lowest BCUT2D eigenvalue weighted by molar-refractivity contribution is -0.117. The Hall–Kier alpha value is -1.53. The number of thioether (sulfide) groups is 1. The molecule has 21 heavy (non-hydrogen) atoms. The molecule has 1 aliphatic rings. The van der Waals surface area contributed by atoms with Crippen LogP contribution in [0.2, 0.25) is 0 Å². The maximum Gasteiger partial charge on any atom is 0.251 e. The fourth-order valence-corrected chi connectivity index (χ4v) is 2.95. The second-order valence-corrected chi connectivity index (χ2v) is 6.43. The summed E-state index contributed by atoms with van der Waals surface area (Å²) in [5, 5.41) is 8.90. The van der Waals surface area contributed by atoms with Crippen LogP contribution >= 0.6 is 11.8 Å². The summed E-state index contributed by atoms with van der Waals surface area (Å²) in [7, 11) is 0. The minimum atomic E-state index is -0.146. The molecule has 1 aliphatic heterocycles. The summed E-state index contributed by atoms with van der Waals surface area (Å²) in [4.78, 5) is 23.9. The normalized spacial score (nSPS) is 18.3. The van der Waals surface area contributed by atoms with Crippen LogP contribution < -0.4 is 16.0 Å². The number of carbonyl (C=O) groups excluding carboxylic acids is 2. The van der Waals surface area contributed by atoms with Crippen molar-refractivity contribution in [2.75, 3.05) is 23.4 Å². The van der Waals surface area contributed by atoms with Crippen molar-refractivity contribution < 1.29 is 9.59 Å². The number of carbonyl (C=O) groups is 2. The van der Waals surface area contributed by atoms with E-state index in [1.54, 1.807) is 36.0 Å². The molecule has 0 radical (unpaired) electrons. The first-order valence-electron chi connectivity index (χ1n) is 7.09. The SMILES string of the molecule is CC(C)NC(=O)c1ccc(NC(=O)C2CSCCN2)cc1. The molecule has 0 aromatic heterocycles. The van der Waals surface area contributed by atoms with Gasteiger partial charge in [-0.3, -0.25) is 9.59 Å². The Labute approximate surface area is 129 Å². The quantitative estimate of drug-likeness (QED) is 0.788. The van der Waals surface area contributed by atoms with Crippen molar-refractivity contribution in [1.82, 2.24) is 10.6 Å². The van der Waals surface area contributed by atoms with Gasteiger partial charge in [0.2, 0.25) is 5.91 Å². The van der Waals surface area contributed by atoms with E-state index in [1.165, 1.54) is 0 Å². The van der Waals surface area contributed by atoms with Crippen LogP contribution in [0.4, 0.5) is 5.69 Å². The van der Waals surface area contributed by atoms with Gasteiger partial charge in [-0.1, -0.05) is 0 Å². The van der Waals surface area contributed by atoms with E-state index in [0.717, 1.165) is 18.1 Å². The van der Waals surface area contributed by atoms with Crippen LogP contribution in [0.15, 0.2) is 24.3 Å². The molecule has 3 N–H and O–H groups in total. The molecule has 1 unspecified atom stereocenters. The van der Waals surface area contributed by atoms with Crippen LogP contribution in [0.3, 0.4) is 0 Å². The van der Waals surface area contributed by atoms with Gasteiger partial charge >= 0.3 is 0 Å². The highest BCUT2D eigenvalue weighted by Crippen LogP contribution is 2.13. The minimum absolute atomic E-state index is 0.0263. The Kier molecular flexibility index (Phi) is 5.64. The molecule has 0 saturated carbocycles. The number of nitrogens with one attached hydrogen (secondary N) is 3. The van der Waals surface area contributed by atoms with Gasteiger partial charge in [0.25, 0.3) is 5.91 Å². The van der Waals surface area contributed by atoms with Crippen molar-refractivity contribution in [3.63, 3.8) is 0 Å². The maximum atomic E-state index is 12.1. The van der Waals surface area contributed by atoms with Gasteiger partial charge in [0.15, 0.2) is 0 Å². The van der Waals surface area contributed by atoms with Gasteiger partial charge < -0.3 is 16.0 Å². The summed E-state index contributed by atoms with van der Waals surface area (Å²) in [6.45, 7) is 4.69. The fraction of sp³-hybridized carbons (Fsp3) is 0.467. The van der Waals surface area contributed by atoms with Crippen LogP contribution in [0, 0.1) is 0 Å². The van der Waals surface area contributed by atoms with Crippen molar-refractivity contribution in [1.29, 1.82) is 0 Å². The highest BCUT2D eigenvalue weighted by atomic mass is 32.2. The summed E-state index contributed by atoms with van der Waals surface area (Å²) >= 11 is 1.78. The first kappa shape index (κ1) is 15.9. The van der Waals surface area contributed by atoms with Crippen molar-refractivity contribution in [3.8, 4) is 0 Å². The molecular formula is C15H21N3O2S. The van der Waals surface area contributed by atoms with Gasteiger partial charge in [0, 0.05) is 35.3 Å². The monoisotopic (exact) mass is 307 g/mol. The van der Waals surface area contributed by atoms with E-state index in [9.17, 15) is 9.59 Å². The first-order chi connectivity index (χ1) is 10.1. The van der Waals surface area contributed by atoms with E-state index < -0.39 is 0 Å². The lowest BCUT2D eigenvalue weighted by atomic mass is 10.1. The molecule has 2 amide bonds. The van der Waals surface area contributed by atoms with Crippen molar-refractivity contribution in [3.05, 3.63) is 29.8 Å². The number of rotatable bonds is 4. The number of benzene rings is 1. The van der Waals surface area contributed by atoms with E-state index in [-0.39, 0.29) is 23.9 Å². The average molecular weight is 307 g/mol. The zero-order valence-electron chi connectivity index (χ0n) is 12.3. The summed E-state index contributed by atoms with van der Waals surface area (Å²) in [5.74, 6) is 1.71. The third-order valence-electron chi connectivity index (χ3n) is 3.07. The molecule has 0 bridgehead atoms. The van der Waals surface area contributed by atoms with Crippen LogP contribution in [0.25, 0.3) is 0 Å². The second-order valence-electron chi connectivity index (χ2n) is 5.28. The Balaban J connectivity index is 1.92. The third-order valence-corrected chi connectivity index (χ3v) is 4.13. The van der Waals surface area contributed by atoms with Gasteiger partial charge in [-0.2, -0.15) is 11.8 Å². The Morgan fingerprint density at radius 1 is 1.29 bits per heavy atom. The Bertz CT molecular complexity index is 496. The minimum Gasteiger partial charge on any atom is -0.350 e. The zero-order valence-corrected chi connectivity index (χ0v) is 13.1. The van der Waals surface area contributed by atoms with Crippen molar-refractivity contribution >= 4 is 29.3 Å². The highest BCUT2D eigenvalue weighted by molar-refractivity contribution is 7.99. The lowest BCUT2D eigenvalue weighted by Gasteiger charge is -2.22. The topological polar surface area (TPSA) is 70.2 Å². The highest BCUT2D eigenvalue weighted by Gasteiger charge is 2.20. The Morgan fingerprint density at radius 2 is 2.00 bits per heavy atom. The number of anilines is 1. The summed E-state index contributed by atoms with van der Waals surface area (Å²) < 4.78 is 0. The van der Waals surface area contributed by atoms with Crippen molar-refractivity contribution in [2.24, 2.45) is 0 Å². The van der Waals surface area contributed by atoms with Crippen LogP contribution in [0.1, 0.15) is 24.2 Å². The molecular weight excluding hydrogens is 286 g/mol. The van der Waals surface area contributed by atoms with Gasteiger partial charge in [-0.25, -0.2) is 0 Å². The molecule has 114 valence electrons. The van der Waals surface area contributed by atoms with E-state index in [0.29, 0.717) is 11.3 Å². The van der Waals surface area contributed by atoms with Crippen LogP contribution in [0.5, 0.6) is 0 Å². The lowest BCUT2D eigenvalue weighted by Crippen LogP contribution is -2.46. The van der Waals surface area contributed by atoms with Gasteiger partial charge in [0.1, 0.15) is 0 Å². The summed E-state index contributed by atoms with van der Waals surface area (Å²) in [6.07, 6.45) is 0. The molecule has 6 heteroatoms. The average Bonchev–Trinajstić information content (AvgIpc) is 2.48. The fourth-order valence-electron chi connectivity index (χ4n) is 2.01. The van der Waals surface area contributed by atoms with Crippen LogP contribution in [-0.4, -0.2) is 41.9 Å². The molecule has 1 aromatic carbocycles. The first-order valence-corrected chi connectivity index (χ1v) is 8.24. The number of hydrogen-bond acceptors (Lipinski definition) is 4. The van der Waals surface area contributed by atoms with Crippen molar-refractivity contribution in [2.45, 2.75) is 25.9 Å². The van der Waals surface area contributed by atoms with E-state index >= 15 is 0 Å². The van der Waals surface area contributed by atoms with E-state index in [1.807, 2.05) is 13.8 Å². The summed E-state index contributed by atoms with van der Waals surface area (Å²) in [5.41, 5.74) is 1.30. The molecule has 1 fully saturated rings. The smallest absolute Gasteiger partial charge is 0.251 e. The van der Waals surface area contributed by atoms with Gasteiger partial charge in [0.05, 0.1) is 6.04 Å². The zero-order chi connectivity index (χ0) is 15.2. The second kappa shape index (κ2) is 7.47. The molecule has 0 spiro atoms. The number of amides is 2. The van der Waals surface area contributed by atoms with Crippen LogP contribution in [-0.2, 0) is 4.79 Å². The molecule has 5 nitrogen and oxygen atoms in total. The molecule has 0 aliphatic carbocycles. The molecule has 1 aromatic rings.